The first-order valence-electron chi connectivity index (χ1n) is 8.65. The zero-order chi connectivity index (χ0) is 16.1. The summed E-state index contributed by atoms with van der Waals surface area (Å²) in [7, 11) is 0. The average molecular weight is 318 g/mol. The van der Waals surface area contributed by atoms with Crippen molar-refractivity contribution in [1.82, 2.24) is 10.2 Å². The molecule has 2 aliphatic heterocycles. The minimum Gasteiger partial charge on any atom is -0.454 e. The summed E-state index contributed by atoms with van der Waals surface area (Å²) in [5.74, 6) is 2.09. The van der Waals surface area contributed by atoms with Gasteiger partial charge in [0.1, 0.15) is 0 Å². The fourth-order valence-corrected chi connectivity index (χ4v) is 3.18. The van der Waals surface area contributed by atoms with Gasteiger partial charge in [-0.15, -0.1) is 0 Å². The molecule has 5 heteroatoms. The number of carbonyl (C=O) groups excluding carboxylic acids is 1. The number of rotatable bonds is 6. The Balaban J connectivity index is 1.45. The molecule has 0 aliphatic carbocycles. The number of benzene rings is 1. The van der Waals surface area contributed by atoms with Crippen LogP contribution in [-0.4, -0.2) is 37.2 Å². The number of hydrogen-bond donors (Lipinski definition) is 1. The lowest BCUT2D eigenvalue weighted by atomic mass is 9.95. The van der Waals surface area contributed by atoms with Gasteiger partial charge in [0.2, 0.25) is 12.7 Å². The van der Waals surface area contributed by atoms with Crippen LogP contribution >= 0.6 is 0 Å². The first kappa shape index (κ1) is 16.1. The summed E-state index contributed by atoms with van der Waals surface area (Å²) in [6, 6.07) is 6.13. The Labute approximate surface area is 137 Å². The zero-order valence-corrected chi connectivity index (χ0v) is 13.8. The van der Waals surface area contributed by atoms with Crippen LogP contribution in [0.4, 0.5) is 0 Å². The van der Waals surface area contributed by atoms with E-state index in [2.05, 4.69) is 29.3 Å². The van der Waals surface area contributed by atoms with Gasteiger partial charge in [0.25, 0.3) is 0 Å². The highest BCUT2D eigenvalue weighted by atomic mass is 16.7. The van der Waals surface area contributed by atoms with E-state index in [9.17, 15) is 4.79 Å². The molecular weight excluding hydrogens is 292 g/mol. The normalized spacial score (nSPS) is 18.1. The number of fused-ring (bicyclic) bond motifs is 1. The Morgan fingerprint density at radius 3 is 2.83 bits per heavy atom. The Hall–Kier alpha value is -1.75. The van der Waals surface area contributed by atoms with Crippen LogP contribution in [0.1, 0.15) is 38.2 Å². The van der Waals surface area contributed by atoms with Gasteiger partial charge in [0.05, 0.1) is 0 Å². The van der Waals surface area contributed by atoms with Crippen LogP contribution in [0.3, 0.4) is 0 Å². The van der Waals surface area contributed by atoms with Gasteiger partial charge >= 0.3 is 0 Å². The molecule has 0 spiro atoms. The van der Waals surface area contributed by atoms with E-state index in [1.165, 1.54) is 5.56 Å². The van der Waals surface area contributed by atoms with Crippen molar-refractivity contribution >= 4 is 5.91 Å². The number of piperidine rings is 1. The standard InChI is InChI=1S/C18H26N2O3/c1-2-3-8-19-18(21)15-6-9-20(10-7-15)12-14-4-5-16-17(11-14)23-13-22-16/h4-5,11,15H,2-3,6-10,12-13H2,1H3,(H,19,21). The number of hydrogen-bond acceptors (Lipinski definition) is 4. The van der Waals surface area contributed by atoms with Gasteiger partial charge in [-0.25, -0.2) is 0 Å². The second-order valence-electron chi connectivity index (χ2n) is 6.38. The molecule has 2 aliphatic rings. The summed E-state index contributed by atoms with van der Waals surface area (Å²) < 4.78 is 10.8. The molecule has 0 unspecified atom stereocenters. The van der Waals surface area contributed by atoms with Gasteiger partial charge < -0.3 is 14.8 Å². The second kappa shape index (κ2) is 7.68. The number of carbonyl (C=O) groups is 1. The molecule has 3 rings (SSSR count). The van der Waals surface area contributed by atoms with Gasteiger partial charge in [0, 0.05) is 19.0 Å². The molecule has 1 amide bonds. The third kappa shape index (κ3) is 4.16. The van der Waals surface area contributed by atoms with E-state index < -0.39 is 0 Å². The summed E-state index contributed by atoms with van der Waals surface area (Å²) in [6.07, 6.45) is 4.08. The fourth-order valence-electron chi connectivity index (χ4n) is 3.18. The SMILES string of the molecule is CCCCNC(=O)C1CCN(Cc2ccc3c(c2)OCO3)CC1. The zero-order valence-electron chi connectivity index (χ0n) is 13.8. The molecule has 1 fully saturated rings. The molecule has 0 radical (unpaired) electrons. The van der Waals surface area contributed by atoms with Gasteiger partial charge in [-0.3, -0.25) is 9.69 Å². The topological polar surface area (TPSA) is 50.8 Å². The van der Waals surface area contributed by atoms with Crippen LogP contribution in [0.2, 0.25) is 0 Å². The number of likely N-dealkylation sites (tertiary alicyclic amines) is 1. The number of amides is 1. The van der Waals surface area contributed by atoms with E-state index in [0.29, 0.717) is 6.79 Å². The first-order chi connectivity index (χ1) is 11.3. The van der Waals surface area contributed by atoms with Crippen molar-refractivity contribution in [3.63, 3.8) is 0 Å². The number of nitrogens with zero attached hydrogens (tertiary/aromatic N) is 1. The molecule has 0 bridgehead atoms. The molecule has 1 N–H and O–H groups in total. The highest BCUT2D eigenvalue weighted by Gasteiger charge is 2.25. The molecule has 5 nitrogen and oxygen atoms in total. The Morgan fingerprint density at radius 2 is 2.04 bits per heavy atom. The maximum atomic E-state index is 12.1. The van der Waals surface area contributed by atoms with E-state index >= 15 is 0 Å². The predicted octanol–water partition coefficient (Wildman–Crippen LogP) is 2.54. The van der Waals surface area contributed by atoms with E-state index in [1.807, 2.05) is 6.07 Å². The van der Waals surface area contributed by atoms with Crippen LogP contribution < -0.4 is 14.8 Å². The first-order valence-corrected chi connectivity index (χ1v) is 8.65. The van der Waals surface area contributed by atoms with E-state index in [-0.39, 0.29) is 11.8 Å². The Morgan fingerprint density at radius 1 is 1.26 bits per heavy atom. The van der Waals surface area contributed by atoms with Crippen molar-refractivity contribution in [2.45, 2.75) is 39.2 Å². The van der Waals surface area contributed by atoms with Crippen molar-refractivity contribution in [2.75, 3.05) is 26.4 Å². The average Bonchev–Trinajstić information content (AvgIpc) is 3.03. The van der Waals surface area contributed by atoms with Crippen molar-refractivity contribution in [3.05, 3.63) is 23.8 Å². The van der Waals surface area contributed by atoms with Gasteiger partial charge in [-0.05, 0) is 50.0 Å². The van der Waals surface area contributed by atoms with Crippen LogP contribution in [0, 0.1) is 5.92 Å². The van der Waals surface area contributed by atoms with E-state index in [4.69, 9.17) is 9.47 Å². The largest absolute Gasteiger partial charge is 0.454 e. The van der Waals surface area contributed by atoms with E-state index in [0.717, 1.165) is 63.4 Å². The quantitative estimate of drug-likeness (QED) is 0.819. The molecule has 126 valence electrons. The van der Waals surface area contributed by atoms with Gasteiger partial charge in [-0.1, -0.05) is 19.4 Å². The molecule has 0 saturated carbocycles. The summed E-state index contributed by atoms with van der Waals surface area (Å²) >= 11 is 0. The maximum absolute atomic E-state index is 12.1. The fraction of sp³-hybridized carbons (Fsp3) is 0.611. The van der Waals surface area contributed by atoms with Crippen LogP contribution in [0.15, 0.2) is 18.2 Å². The van der Waals surface area contributed by atoms with Crippen molar-refractivity contribution in [1.29, 1.82) is 0 Å². The third-order valence-corrected chi connectivity index (χ3v) is 4.63. The molecule has 1 aromatic rings. The van der Waals surface area contributed by atoms with Crippen molar-refractivity contribution in [2.24, 2.45) is 5.92 Å². The summed E-state index contributed by atoms with van der Waals surface area (Å²) in [5.41, 5.74) is 1.24. The molecule has 2 heterocycles. The second-order valence-corrected chi connectivity index (χ2v) is 6.38. The number of ether oxygens (including phenoxy) is 2. The highest BCUT2D eigenvalue weighted by molar-refractivity contribution is 5.78. The number of nitrogens with one attached hydrogen (secondary N) is 1. The lowest BCUT2D eigenvalue weighted by Gasteiger charge is -2.31. The van der Waals surface area contributed by atoms with Crippen LogP contribution in [0.5, 0.6) is 11.5 Å². The summed E-state index contributed by atoms with van der Waals surface area (Å²) in [5, 5.41) is 3.06. The summed E-state index contributed by atoms with van der Waals surface area (Å²) in [6.45, 7) is 6.12. The van der Waals surface area contributed by atoms with Gasteiger partial charge in [0.15, 0.2) is 11.5 Å². The molecular formula is C18H26N2O3. The van der Waals surface area contributed by atoms with Crippen LogP contribution in [-0.2, 0) is 11.3 Å². The number of unbranched alkanes of at least 4 members (excludes halogenated alkanes) is 1. The van der Waals surface area contributed by atoms with Crippen molar-refractivity contribution in [3.8, 4) is 11.5 Å². The third-order valence-electron chi connectivity index (χ3n) is 4.63. The minimum absolute atomic E-state index is 0.180. The Bertz CT molecular complexity index is 539. The lowest BCUT2D eigenvalue weighted by Crippen LogP contribution is -2.40. The van der Waals surface area contributed by atoms with Crippen molar-refractivity contribution < 1.29 is 14.3 Å². The monoisotopic (exact) mass is 318 g/mol. The Kier molecular flexibility index (Phi) is 5.39. The molecule has 0 aromatic heterocycles. The molecule has 1 saturated heterocycles. The van der Waals surface area contributed by atoms with Crippen LogP contribution in [0.25, 0.3) is 0 Å². The smallest absolute Gasteiger partial charge is 0.231 e. The minimum atomic E-state index is 0.180. The predicted molar refractivity (Wildman–Crippen MR) is 88.5 cm³/mol. The lowest BCUT2D eigenvalue weighted by molar-refractivity contribution is -0.126. The van der Waals surface area contributed by atoms with E-state index in [1.54, 1.807) is 0 Å². The molecule has 1 aromatic carbocycles. The molecule has 0 atom stereocenters. The van der Waals surface area contributed by atoms with Gasteiger partial charge in [-0.2, -0.15) is 0 Å². The molecule has 23 heavy (non-hydrogen) atoms. The highest BCUT2D eigenvalue weighted by Crippen LogP contribution is 2.33. The summed E-state index contributed by atoms with van der Waals surface area (Å²) in [4.78, 5) is 14.5. The maximum Gasteiger partial charge on any atom is 0.231 e.